The van der Waals surface area contributed by atoms with Crippen LogP contribution in [0.4, 0.5) is 4.39 Å². The number of aromatic amines is 1. The lowest BCUT2D eigenvalue weighted by molar-refractivity contribution is 0.293. The molecule has 0 spiro atoms. The van der Waals surface area contributed by atoms with Crippen molar-refractivity contribution in [3.63, 3.8) is 0 Å². The molecule has 4 aromatic rings. The molecular weight excluding hydrogens is 579 g/mol. The zero-order chi connectivity index (χ0) is 32.8. The van der Waals surface area contributed by atoms with Gasteiger partial charge in [0.2, 0.25) is 0 Å². The predicted octanol–water partition coefficient (Wildman–Crippen LogP) is 5.54. The maximum absolute atomic E-state index is 15.3. The van der Waals surface area contributed by atoms with Gasteiger partial charge in [0.15, 0.2) is 0 Å². The van der Waals surface area contributed by atoms with Crippen molar-refractivity contribution in [2.75, 3.05) is 6.54 Å². The fourth-order valence-corrected chi connectivity index (χ4v) is 6.54. The van der Waals surface area contributed by atoms with Gasteiger partial charge in [0.1, 0.15) is 17.3 Å². The predicted molar refractivity (Wildman–Crippen MR) is 185 cm³/mol. The SMILES string of the molecule is C=CC[C@H](C[C@@H]1CCC[C@@H](c2ccc(-n3cc4cc(-c5cc(CCC[C@H](C)N)cc(C)c5F)[nH]c4nc3=O)cc2)N1)NC(=N)CN. The number of benzene rings is 2. The van der Waals surface area contributed by atoms with Crippen molar-refractivity contribution in [2.24, 2.45) is 11.5 Å². The standard InChI is InChI=1S/C36H47FN8O/c1-4-7-27(42-33(40)20-38)19-28-10-6-11-31(41-28)25-12-14-29(15-13-25)45-21-26-18-32(43-35(26)44-36(45)46)30-17-24(9-5-8-23(3)39)16-22(2)34(30)37/h4,12-18,21,23,27-28,31,41H,1,5-11,19-20,38-39H2,2-3H3,(H2,40,42)(H,43,44,46)/t23-,27+,28-,31-/m0/s1. The van der Waals surface area contributed by atoms with Crippen molar-refractivity contribution in [3.8, 4) is 16.9 Å². The second-order valence-corrected chi connectivity index (χ2v) is 12.7. The topological polar surface area (TPSA) is 151 Å². The average molecular weight is 627 g/mol. The molecule has 1 aliphatic heterocycles. The van der Waals surface area contributed by atoms with Gasteiger partial charge < -0.3 is 27.1 Å². The summed E-state index contributed by atoms with van der Waals surface area (Å²) in [4.78, 5) is 20.6. The molecule has 3 heterocycles. The summed E-state index contributed by atoms with van der Waals surface area (Å²) in [6.45, 7) is 7.83. The van der Waals surface area contributed by atoms with E-state index < -0.39 is 5.69 Å². The molecule has 0 bridgehead atoms. The van der Waals surface area contributed by atoms with Crippen LogP contribution in [0.1, 0.15) is 74.6 Å². The maximum atomic E-state index is 15.3. The molecule has 10 heteroatoms. The first kappa shape index (κ1) is 33.2. The third kappa shape index (κ3) is 7.99. The van der Waals surface area contributed by atoms with Crippen LogP contribution in [0.5, 0.6) is 0 Å². The van der Waals surface area contributed by atoms with Crippen LogP contribution in [0.2, 0.25) is 0 Å². The Balaban J connectivity index is 1.33. The van der Waals surface area contributed by atoms with E-state index in [1.807, 2.05) is 43.3 Å². The van der Waals surface area contributed by atoms with E-state index in [0.29, 0.717) is 40.0 Å². The highest BCUT2D eigenvalue weighted by molar-refractivity contribution is 5.83. The second-order valence-electron chi connectivity index (χ2n) is 12.7. The van der Waals surface area contributed by atoms with Crippen molar-refractivity contribution in [2.45, 2.75) is 89.4 Å². The number of rotatable bonds is 13. The summed E-state index contributed by atoms with van der Waals surface area (Å²) in [6, 6.07) is 14.4. The number of hydrogen-bond donors (Lipinski definition) is 6. The Hall–Kier alpha value is -4.12. The Labute approximate surface area is 270 Å². The van der Waals surface area contributed by atoms with Crippen LogP contribution >= 0.6 is 0 Å². The lowest BCUT2D eigenvalue weighted by Crippen LogP contribution is -2.45. The number of fused-ring (bicyclic) bond motifs is 1. The van der Waals surface area contributed by atoms with E-state index in [1.165, 1.54) is 4.57 Å². The Morgan fingerprint density at radius 3 is 2.76 bits per heavy atom. The summed E-state index contributed by atoms with van der Waals surface area (Å²) in [7, 11) is 0. The molecule has 2 aromatic heterocycles. The van der Waals surface area contributed by atoms with Gasteiger partial charge in [-0.25, -0.2) is 9.18 Å². The van der Waals surface area contributed by atoms with Gasteiger partial charge in [-0.1, -0.05) is 30.7 Å². The first-order chi connectivity index (χ1) is 22.1. The molecule has 2 aromatic carbocycles. The quantitative estimate of drug-likeness (QED) is 0.0652. The fraction of sp³-hybridized carbons (Fsp3) is 0.417. The van der Waals surface area contributed by atoms with E-state index in [-0.39, 0.29) is 30.5 Å². The molecule has 1 aliphatic rings. The van der Waals surface area contributed by atoms with Crippen molar-refractivity contribution in [1.82, 2.24) is 25.2 Å². The number of nitrogens with zero attached hydrogens (tertiary/aromatic N) is 2. The summed E-state index contributed by atoms with van der Waals surface area (Å²) < 4.78 is 16.8. The summed E-state index contributed by atoms with van der Waals surface area (Å²) in [6.07, 6.45) is 11.1. The van der Waals surface area contributed by atoms with E-state index in [9.17, 15) is 4.79 Å². The zero-order valence-corrected chi connectivity index (χ0v) is 26.9. The minimum absolute atomic E-state index is 0.116. The molecule has 0 aliphatic carbocycles. The van der Waals surface area contributed by atoms with Gasteiger partial charge in [-0.15, -0.1) is 6.58 Å². The minimum atomic E-state index is -0.408. The lowest BCUT2D eigenvalue weighted by atomic mass is 9.90. The van der Waals surface area contributed by atoms with Gasteiger partial charge in [-0.3, -0.25) is 9.98 Å². The van der Waals surface area contributed by atoms with Gasteiger partial charge >= 0.3 is 5.69 Å². The lowest BCUT2D eigenvalue weighted by Gasteiger charge is -2.34. The zero-order valence-electron chi connectivity index (χ0n) is 26.9. The third-order valence-corrected chi connectivity index (χ3v) is 8.90. The molecule has 4 atom stereocenters. The minimum Gasteiger partial charge on any atom is -0.370 e. The number of hydrogen-bond acceptors (Lipinski definition) is 6. The van der Waals surface area contributed by atoms with Gasteiger partial charge in [-0.2, -0.15) is 4.98 Å². The van der Waals surface area contributed by atoms with E-state index in [0.717, 1.165) is 67.9 Å². The highest BCUT2D eigenvalue weighted by Gasteiger charge is 2.25. The van der Waals surface area contributed by atoms with Crippen LogP contribution in [-0.2, 0) is 6.42 Å². The summed E-state index contributed by atoms with van der Waals surface area (Å²) in [5, 5.41) is 15.7. The van der Waals surface area contributed by atoms with Crippen molar-refractivity contribution < 1.29 is 4.39 Å². The Morgan fingerprint density at radius 1 is 1.26 bits per heavy atom. The van der Waals surface area contributed by atoms with Gasteiger partial charge in [0, 0.05) is 41.3 Å². The normalized spacial score (nSPS) is 17.9. The first-order valence-electron chi connectivity index (χ1n) is 16.3. The monoisotopic (exact) mass is 626 g/mol. The number of nitrogens with one attached hydrogen (secondary N) is 4. The molecule has 1 fully saturated rings. The number of H-pyrrole nitrogens is 1. The van der Waals surface area contributed by atoms with E-state index in [1.54, 1.807) is 13.1 Å². The average Bonchev–Trinajstić information content (AvgIpc) is 3.45. The van der Waals surface area contributed by atoms with Crippen LogP contribution in [0.3, 0.4) is 0 Å². The van der Waals surface area contributed by atoms with Crippen LogP contribution in [0.15, 0.2) is 66.1 Å². The maximum Gasteiger partial charge on any atom is 0.354 e. The molecule has 0 radical (unpaired) electrons. The molecule has 5 rings (SSSR count). The van der Waals surface area contributed by atoms with E-state index in [2.05, 4.69) is 39.3 Å². The molecular formula is C36H47FN8O. The van der Waals surface area contributed by atoms with E-state index >= 15 is 4.39 Å². The second kappa shape index (κ2) is 15.0. The van der Waals surface area contributed by atoms with Crippen LogP contribution in [0.25, 0.3) is 28.0 Å². The Morgan fingerprint density at radius 2 is 2.04 bits per heavy atom. The highest BCUT2D eigenvalue weighted by atomic mass is 19.1. The third-order valence-electron chi connectivity index (χ3n) is 8.90. The van der Waals surface area contributed by atoms with Crippen molar-refractivity contribution in [3.05, 3.63) is 94.3 Å². The highest BCUT2D eigenvalue weighted by Crippen LogP contribution is 2.30. The summed E-state index contributed by atoms with van der Waals surface area (Å²) >= 11 is 0. The van der Waals surface area contributed by atoms with Crippen molar-refractivity contribution in [1.29, 1.82) is 5.41 Å². The molecule has 46 heavy (non-hydrogen) atoms. The number of nitrogens with two attached hydrogens (primary N) is 2. The molecule has 0 saturated carbocycles. The molecule has 1 saturated heterocycles. The van der Waals surface area contributed by atoms with Gasteiger partial charge in [0.05, 0.1) is 17.9 Å². The first-order valence-corrected chi connectivity index (χ1v) is 16.3. The Bertz CT molecular complexity index is 1720. The summed E-state index contributed by atoms with van der Waals surface area (Å²) in [5.41, 5.74) is 16.1. The number of aromatic nitrogens is 3. The van der Waals surface area contributed by atoms with Gasteiger partial charge in [0.25, 0.3) is 0 Å². The number of amidine groups is 1. The number of halogens is 1. The number of aryl methyl sites for hydroxylation is 2. The molecule has 9 nitrogen and oxygen atoms in total. The molecule has 8 N–H and O–H groups in total. The van der Waals surface area contributed by atoms with Crippen LogP contribution < -0.4 is 27.8 Å². The molecule has 0 amide bonds. The molecule has 244 valence electrons. The van der Waals surface area contributed by atoms with Gasteiger partial charge in [-0.05, 0) is 99.7 Å². The summed E-state index contributed by atoms with van der Waals surface area (Å²) in [5.74, 6) is 0.0585. The van der Waals surface area contributed by atoms with E-state index in [4.69, 9.17) is 16.9 Å². The van der Waals surface area contributed by atoms with Crippen LogP contribution in [-0.4, -0.2) is 45.0 Å². The smallest absolute Gasteiger partial charge is 0.354 e. The largest absolute Gasteiger partial charge is 0.370 e. The Kier molecular flexibility index (Phi) is 10.8. The van der Waals surface area contributed by atoms with Crippen molar-refractivity contribution >= 4 is 16.9 Å². The van der Waals surface area contributed by atoms with Crippen LogP contribution in [0, 0.1) is 18.2 Å². The fourth-order valence-electron chi connectivity index (χ4n) is 6.54. The molecule has 0 unspecified atom stereocenters. The number of piperidine rings is 1.